The van der Waals surface area contributed by atoms with Gasteiger partial charge in [0, 0.05) is 23.3 Å². The van der Waals surface area contributed by atoms with Gasteiger partial charge in [-0.05, 0) is 5.57 Å². The fourth-order valence-corrected chi connectivity index (χ4v) is 2.33. The molecule has 0 radical (unpaired) electrons. The predicted molar refractivity (Wildman–Crippen MR) is 68.8 cm³/mol. The summed E-state index contributed by atoms with van der Waals surface area (Å²) in [6.45, 7) is 3.71. The Morgan fingerprint density at radius 1 is 1.10 bits per heavy atom. The molecule has 0 aliphatic carbocycles. The monoisotopic (exact) mass is 291 g/mol. The summed E-state index contributed by atoms with van der Waals surface area (Å²) in [6, 6.07) is 1.05. The maximum atomic E-state index is 13.9. The van der Waals surface area contributed by atoms with Gasteiger partial charge >= 0.3 is 0 Å². The molecule has 7 heteroatoms. The van der Waals surface area contributed by atoms with Gasteiger partial charge in [-0.3, -0.25) is 4.79 Å². The lowest BCUT2D eigenvalue weighted by Crippen LogP contribution is -2.29. The molecule has 0 fully saturated rings. The van der Waals surface area contributed by atoms with Gasteiger partial charge in [-0.1, -0.05) is 6.58 Å². The van der Waals surface area contributed by atoms with E-state index in [1.54, 1.807) is 0 Å². The molecule has 1 aromatic heterocycles. The average Bonchev–Trinajstić information content (AvgIpc) is 2.41. The molecule has 0 saturated carbocycles. The average molecular weight is 291 g/mol. The minimum absolute atomic E-state index is 0.174. The molecule has 1 aromatic carbocycles. The number of amides is 1. The molecule has 1 atom stereocenters. The van der Waals surface area contributed by atoms with Gasteiger partial charge in [0.2, 0.25) is 5.91 Å². The summed E-state index contributed by atoms with van der Waals surface area (Å²) >= 11 is 0. The van der Waals surface area contributed by atoms with Crippen molar-refractivity contribution in [3.8, 4) is 0 Å². The standard InChI is InChI=1S/C14H8F3N3O/c1-6-8-4-18-19-5-11(8)20-14(21)12(6)13-9(16)2-7(15)3-10(13)17/h2-5,12H,1H2,(H,20,21)/t12-/m0/s1. The van der Waals surface area contributed by atoms with Crippen LogP contribution in [0.3, 0.4) is 0 Å². The summed E-state index contributed by atoms with van der Waals surface area (Å²) in [5.74, 6) is -5.28. The lowest BCUT2D eigenvalue weighted by atomic mass is 9.84. The van der Waals surface area contributed by atoms with Gasteiger partial charge < -0.3 is 5.32 Å². The summed E-state index contributed by atoms with van der Waals surface area (Å²) in [4.78, 5) is 12.1. The third kappa shape index (κ3) is 2.06. The number of hydrogen-bond donors (Lipinski definition) is 1. The summed E-state index contributed by atoms with van der Waals surface area (Å²) in [5, 5.41) is 9.74. The first-order chi connectivity index (χ1) is 9.99. The molecule has 1 aliphatic rings. The Kier molecular flexibility index (Phi) is 2.97. The minimum atomic E-state index is -1.29. The topological polar surface area (TPSA) is 54.9 Å². The van der Waals surface area contributed by atoms with Crippen LogP contribution in [0.25, 0.3) is 5.57 Å². The van der Waals surface area contributed by atoms with Crippen LogP contribution in [0, 0.1) is 17.5 Å². The van der Waals surface area contributed by atoms with E-state index >= 15 is 0 Å². The zero-order chi connectivity index (χ0) is 15.1. The normalized spacial score (nSPS) is 17.4. The number of anilines is 1. The van der Waals surface area contributed by atoms with Gasteiger partial charge in [-0.15, -0.1) is 0 Å². The third-order valence-electron chi connectivity index (χ3n) is 3.28. The summed E-state index contributed by atoms with van der Waals surface area (Å²) in [5.41, 5.74) is 0.423. The molecular weight excluding hydrogens is 283 g/mol. The van der Waals surface area contributed by atoms with E-state index in [0.717, 1.165) is 0 Å². The molecule has 0 spiro atoms. The van der Waals surface area contributed by atoms with Crippen LogP contribution < -0.4 is 5.32 Å². The maximum Gasteiger partial charge on any atom is 0.236 e. The molecule has 21 heavy (non-hydrogen) atoms. The van der Waals surface area contributed by atoms with Gasteiger partial charge in [-0.2, -0.15) is 10.2 Å². The molecule has 1 amide bonds. The van der Waals surface area contributed by atoms with Crippen molar-refractivity contribution < 1.29 is 18.0 Å². The number of benzene rings is 1. The Morgan fingerprint density at radius 3 is 2.38 bits per heavy atom. The molecule has 0 bridgehead atoms. The Labute approximate surface area is 117 Å². The van der Waals surface area contributed by atoms with E-state index in [0.29, 0.717) is 23.4 Å². The van der Waals surface area contributed by atoms with Crippen LogP contribution in [0.4, 0.5) is 18.9 Å². The van der Waals surface area contributed by atoms with E-state index in [9.17, 15) is 18.0 Å². The zero-order valence-corrected chi connectivity index (χ0v) is 10.5. The highest BCUT2D eigenvalue weighted by molar-refractivity contribution is 6.10. The molecule has 4 nitrogen and oxygen atoms in total. The van der Waals surface area contributed by atoms with Gasteiger partial charge in [0.1, 0.15) is 17.5 Å². The van der Waals surface area contributed by atoms with Crippen molar-refractivity contribution in [3.05, 3.63) is 59.7 Å². The van der Waals surface area contributed by atoms with Crippen LogP contribution in [-0.4, -0.2) is 16.1 Å². The summed E-state index contributed by atoms with van der Waals surface area (Å²) < 4.78 is 40.8. The molecular formula is C14H8F3N3O. The molecule has 2 aromatic rings. The van der Waals surface area contributed by atoms with E-state index in [1.165, 1.54) is 12.4 Å². The second kappa shape index (κ2) is 4.69. The highest BCUT2D eigenvalue weighted by atomic mass is 19.1. The maximum absolute atomic E-state index is 13.9. The number of aromatic nitrogens is 2. The van der Waals surface area contributed by atoms with Crippen molar-refractivity contribution >= 4 is 17.2 Å². The van der Waals surface area contributed by atoms with Crippen molar-refractivity contribution in [2.24, 2.45) is 0 Å². The Bertz CT molecular complexity index is 753. The van der Waals surface area contributed by atoms with Gasteiger partial charge in [-0.25, -0.2) is 13.2 Å². The second-order valence-electron chi connectivity index (χ2n) is 4.55. The quantitative estimate of drug-likeness (QED) is 0.878. The fraction of sp³-hybridized carbons (Fsp3) is 0.0714. The number of fused-ring (bicyclic) bond motifs is 1. The van der Waals surface area contributed by atoms with Crippen LogP contribution in [0.1, 0.15) is 17.0 Å². The Morgan fingerprint density at radius 2 is 1.71 bits per heavy atom. The lowest BCUT2D eigenvalue weighted by Gasteiger charge is -2.26. The number of rotatable bonds is 1. The fourth-order valence-electron chi connectivity index (χ4n) is 2.33. The number of nitrogens with zero attached hydrogens (tertiary/aromatic N) is 2. The molecule has 2 heterocycles. The first-order valence-corrected chi connectivity index (χ1v) is 5.94. The number of hydrogen-bond acceptors (Lipinski definition) is 3. The van der Waals surface area contributed by atoms with E-state index in [4.69, 9.17) is 0 Å². The molecule has 0 saturated heterocycles. The van der Waals surface area contributed by atoms with Gasteiger partial charge in [0.05, 0.1) is 24.0 Å². The predicted octanol–water partition coefficient (Wildman–Crippen LogP) is 2.64. The smallest absolute Gasteiger partial charge is 0.236 e. The lowest BCUT2D eigenvalue weighted by molar-refractivity contribution is -0.116. The zero-order valence-electron chi connectivity index (χ0n) is 10.5. The first-order valence-electron chi connectivity index (χ1n) is 5.94. The molecule has 1 N–H and O–H groups in total. The first kappa shape index (κ1) is 13.3. The van der Waals surface area contributed by atoms with Crippen LogP contribution in [0.15, 0.2) is 31.1 Å². The minimum Gasteiger partial charge on any atom is -0.323 e. The van der Waals surface area contributed by atoms with Gasteiger partial charge in [0.25, 0.3) is 0 Å². The summed E-state index contributed by atoms with van der Waals surface area (Å²) in [6.07, 6.45) is 2.65. The van der Waals surface area contributed by atoms with Crippen molar-refractivity contribution in [1.29, 1.82) is 0 Å². The van der Waals surface area contributed by atoms with Crippen molar-refractivity contribution in [2.45, 2.75) is 5.92 Å². The van der Waals surface area contributed by atoms with Crippen molar-refractivity contribution in [2.75, 3.05) is 5.32 Å². The highest BCUT2D eigenvalue weighted by Gasteiger charge is 2.35. The third-order valence-corrected chi connectivity index (χ3v) is 3.28. The van der Waals surface area contributed by atoms with E-state index < -0.39 is 34.8 Å². The van der Waals surface area contributed by atoms with Gasteiger partial charge in [0.15, 0.2) is 0 Å². The van der Waals surface area contributed by atoms with Crippen LogP contribution in [0.5, 0.6) is 0 Å². The van der Waals surface area contributed by atoms with Crippen molar-refractivity contribution in [3.63, 3.8) is 0 Å². The van der Waals surface area contributed by atoms with E-state index in [2.05, 4.69) is 22.1 Å². The van der Waals surface area contributed by atoms with Crippen molar-refractivity contribution in [1.82, 2.24) is 10.2 Å². The highest BCUT2D eigenvalue weighted by Crippen LogP contribution is 2.40. The van der Waals surface area contributed by atoms with Crippen LogP contribution in [0.2, 0.25) is 0 Å². The Balaban J connectivity index is 2.17. The van der Waals surface area contributed by atoms with E-state index in [-0.39, 0.29) is 5.57 Å². The molecule has 3 rings (SSSR count). The Hall–Kier alpha value is -2.70. The van der Waals surface area contributed by atoms with E-state index in [1.807, 2.05) is 0 Å². The number of carbonyl (C=O) groups excluding carboxylic acids is 1. The molecule has 1 aliphatic heterocycles. The number of nitrogens with one attached hydrogen (secondary N) is 1. The number of carbonyl (C=O) groups is 1. The summed E-state index contributed by atoms with van der Waals surface area (Å²) in [7, 11) is 0. The largest absolute Gasteiger partial charge is 0.323 e. The van der Waals surface area contributed by atoms with Crippen LogP contribution in [-0.2, 0) is 4.79 Å². The molecule has 0 unspecified atom stereocenters. The SMILES string of the molecule is C=C1c2cnncc2NC(=O)[C@@H]1c1c(F)cc(F)cc1F. The number of halogens is 3. The molecule has 106 valence electrons. The second-order valence-corrected chi connectivity index (χ2v) is 4.55. The van der Waals surface area contributed by atoms with Crippen LogP contribution >= 0.6 is 0 Å².